The van der Waals surface area contributed by atoms with Crippen LogP contribution in [0.2, 0.25) is 0 Å². The molecule has 2 rings (SSSR count). The van der Waals surface area contributed by atoms with Crippen molar-refractivity contribution < 1.29 is 13.2 Å². The van der Waals surface area contributed by atoms with Gasteiger partial charge in [0.05, 0.1) is 24.3 Å². The molecule has 6 heteroatoms. The Morgan fingerprint density at radius 3 is 2.90 bits per heavy atom. The zero-order chi connectivity index (χ0) is 15.3. The maximum atomic E-state index is 11.6. The molecule has 0 aliphatic carbocycles. The van der Waals surface area contributed by atoms with Crippen molar-refractivity contribution in [2.45, 2.75) is 32.2 Å². The van der Waals surface area contributed by atoms with Gasteiger partial charge >= 0.3 is 0 Å². The number of nitrogens with one attached hydrogen (secondary N) is 1. The molecule has 0 aromatic carbocycles. The fourth-order valence-electron chi connectivity index (χ4n) is 2.74. The molecule has 2 atom stereocenters. The molecule has 21 heavy (non-hydrogen) atoms. The van der Waals surface area contributed by atoms with E-state index >= 15 is 0 Å². The highest BCUT2D eigenvalue weighted by Gasteiger charge is 2.30. The Bertz CT molecular complexity index is 560. The van der Waals surface area contributed by atoms with Gasteiger partial charge in [0.1, 0.15) is 5.75 Å². The number of hydrogen-bond donors (Lipinski definition) is 1. The summed E-state index contributed by atoms with van der Waals surface area (Å²) in [5, 5.41) is 3.27. The van der Waals surface area contributed by atoms with Gasteiger partial charge in [0.15, 0.2) is 9.84 Å². The van der Waals surface area contributed by atoms with Crippen LogP contribution in [0.15, 0.2) is 18.5 Å². The van der Waals surface area contributed by atoms with Gasteiger partial charge in [-0.25, -0.2) is 8.42 Å². The quantitative estimate of drug-likeness (QED) is 0.833. The van der Waals surface area contributed by atoms with E-state index in [2.05, 4.69) is 17.2 Å². The van der Waals surface area contributed by atoms with E-state index in [9.17, 15) is 8.42 Å². The summed E-state index contributed by atoms with van der Waals surface area (Å²) in [7, 11) is -0.923. The standard InChI is InChI=1S/C15H24N2O3S/c1-3-5-20-14-8-13(9-17-10-14)15(16-2)7-12-4-6-21(18,19)11-12/h8-10,12,15-16H,3-7,11H2,1-2H3. The van der Waals surface area contributed by atoms with E-state index < -0.39 is 9.84 Å². The first-order valence-corrected chi connectivity index (χ1v) is 9.31. The maximum absolute atomic E-state index is 11.6. The van der Waals surface area contributed by atoms with Crippen molar-refractivity contribution >= 4 is 9.84 Å². The summed E-state index contributed by atoms with van der Waals surface area (Å²) in [5.74, 6) is 1.64. The third-order valence-corrected chi connectivity index (χ3v) is 5.69. The van der Waals surface area contributed by atoms with Crippen molar-refractivity contribution in [2.24, 2.45) is 5.92 Å². The Morgan fingerprint density at radius 2 is 2.29 bits per heavy atom. The molecule has 0 bridgehead atoms. The van der Waals surface area contributed by atoms with Gasteiger partial charge < -0.3 is 10.1 Å². The molecule has 1 aromatic rings. The first kappa shape index (κ1) is 16.2. The summed E-state index contributed by atoms with van der Waals surface area (Å²) in [5.41, 5.74) is 1.05. The highest BCUT2D eigenvalue weighted by atomic mass is 32.2. The molecule has 1 N–H and O–H groups in total. The number of nitrogens with zero attached hydrogens (tertiary/aromatic N) is 1. The Labute approximate surface area is 127 Å². The van der Waals surface area contributed by atoms with Gasteiger partial charge in [0, 0.05) is 12.2 Å². The van der Waals surface area contributed by atoms with Crippen LogP contribution < -0.4 is 10.1 Å². The summed E-state index contributed by atoms with van der Waals surface area (Å²) in [6, 6.07) is 2.11. The second kappa shape index (κ2) is 7.22. The van der Waals surface area contributed by atoms with E-state index in [1.165, 1.54) is 0 Å². The van der Waals surface area contributed by atoms with Crippen LogP contribution >= 0.6 is 0 Å². The fourth-order valence-corrected chi connectivity index (χ4v) is 4.62. The largest absolute Gasteiger partial charge is 0.492 e. The average Bonchev–Trinajstić information content (AvgIpc) is 2.82. The molecule has 0 spiro atoms. The van der Waals surface area contributed by atoms with Crippen LogP contribution in [0.4, 0.5) is 0 Å². The lowest BCUT2D eigenvalue weighted by Crippen LogP contribution is -2.21. The van der Waals surface area contributed by atoms with Crippen LogP contribution in [0.25, 0.3) is 0 Å². The first-order chi connectivity index (χ1) is 10.0. The molecule has 0 radical (unpaired) electrons. The zero-order valence-corrected chi connectivity index (χ0v) is 13.5. The van der Waals surface area contributed by atoms with E-state index in [0.29, 0.717) is 18.1 Å². The van der Waals surface area contributed by atoms with Crippen molar-refractivity contribution in [3.05, 3.63) is 24.0 Å². The summed E-state index contributed by atoms with van der Waals surface area (Å²) < 4.78 is 28.7. The summed E-state index contributed by atoms with van der Waals surface area (Å²) in [6.45, 7) is 2.74. The zero-order valence-electron chi connectivity index (χ0n) is 12.7. The van der Waals surface area contributed by atoms with Crippen molar-refractivity contribution in [1.29, 1.82) is 0 Å². The molecular formula is C15H24N2O3S. The minimum Gasteiger partial charge on any atom is -0.492 e. The highest BCUT2D eigenvalue weighted by molar-refractivity contribution is 7.91. The minimum absolute atomic E-state index is 0.112. The number of sulfone groups is 1. The van der Waals surface area contributed by atoms with E-state index in [1.54, 1.807) is 6.20 Å². The smallest absolute Gasteiger partial charge is 0.150 e. The number of hydrogen-bond acceptors (Lipinski definition) is 5. The first-order valence-electron chi connectivity index (χ1n) is 7.49. The second-order valence-corrected chi connectivity index (χ2v) is 7.88. The second-order valence-electron chi connectivity index (χ2n) is 5.65. The molecule has 0 saturated carbocycles. The van der Waals surface area contributed by atoms with E-state index in [0.717, 1.165) is 30.6 Å². The van der Waals surface area contributed by atoms with Crippen LogP contribution in [0.5, 0.6) is 5.75 Å². The predicted molar refractivity (Wildman–Crippen MR) is 83.2 cm³/mol. The van der Waals surface area contributed by atoms with Crippen molar-refractivity contribution in [3.63, 3.8) is 0 Å². The van der Waals surface area contributed by atoms with Crippen LogP contribution in [-0.4, -0.2) is 38.6 Å². The number of ether oxygens (including phenoxy) is 1. The third-order valence-electron chi connectivity index (χ3n) is 3.85. The summed E-state index contributed by atoms with van der Waals surface area (Å²) >= 11 is 0. The Morgan fingerprint density at radius 1 is 1.48 bits per heavy atom. The van der Waals surface area contributed by atoms with Gasteiger partial charge in [0.25, 0.3) is 0 Å². The molecule has 1 fully saturated rings. The lowest BCUT2D eigenvalue weighted by atomic mass is 9.95. The Hall–Kier alpha value is -1.14. The number of pyridine rings is 1. The fraction of sp³-hybridized carbons (Fsp3) is 0.667. The molecule has 2 unspecified atom stereocenters. The molecule has 1 saturated heterocycles. The molecule has 5 nitrogen and oxygen atoms in total. The van der Waals surface area contributed by atoms with E-state index in [-0.39, 0.29) is 12.0 Å². The summed E-state index contributed by atoms with van der Waals surface area (Å²) in [4.78, 5) is 4.23. The van der Waals surface area contributed by atoms with Gasteiger partial charge in [-0.05, 0) is 43.9 Å². The van der Waals surface area contributed by atoms with Crippen LogP contribution in [0, 0.1) is 5.92 Å². The molecule has 1 aromatic heterocycles. The minimum atomic E-state index is -2.82. The van der Waals surface area contributed by atoms with Crippen molar-refractivity contribution in [3.8, 4) is 5.75 Å². The highest BCUT2D eigenvalue weighted by Crippen LogP contribution is 2.29. The van der Waals surface area contributed by atoms with E-state index in [4.69, 9.17) is 4.74 Å². The van der Waals surface area contributed by atoms with Gasteiger partial charge in [-0.2, -0.15) is 0 Å². The molecule has 1 aliphatic heterocycles. The average molecular weight is 312 g/mol. The normalized spacial score (nSPS) is 22.1. The Kier molecular flexibility index (Phi) is 5.58. The van der Waals surface area contributed by atoms with Crippen LogP contribution in [0.3, 0.4) is 0 Å². The van der Waals surface area contributed by atoms with E-state index in [1.807, 2.05) is 19.3 Å². The third kappa shape index (κ3) is 4.68. The van der Waals surface area contributed by atoms with Crippen molar-refractivity contribution in [2.75, 3.05) is 25.2 Å². The van der Waals surface area contributed by atoms with Crippen LogP contribution in [-0.2, 0) is 9.84 Å². The molecule has 2 heterocycles. The SMILES string of the molecule is CCCOc1cncc(C(CC2CCS(=O)(=O)C2)NC)c1. The molecule has 118 valence electrons. The van der Waals surface area contributed by atoms with Gasteiger partial charge in [-0.15, -0.1) is 0 Å². The van der Waals surface area contributed by atoms with Gasteiger partial charge in [0.2, 0.25) is 0 Å². The van der Waals surface area contributed by atoms with Gasteiger partial charge in [-0.3, -0.25) is 4.98 Å². The summed E-state index contributed by atoms with van der Waals surface area (Å²) in [6.07, 6.45) is 6.07. The maximum Gasteiger partial charge on any atom is 0.150 e. The number of rotatable bonds is 7. The topological polar surface area (TPSA) is 68.3 Å². The molecule has 0 amide bonds. The Balaban J connectivity index is 2.03. The van der Waals surface area contributed by atoms with Crippen LogP contribution in [0.1, 0.15) is 37.8 Å². The molecule has 1 aliphatic rings. The van der Waals surface area contributed by atoms with Gasteiger partial charge in [-0.1, -0.05) is 6.92 Å². The lowest BCUT2D eigenvalue weighted by Gasteiger charge is -2.20. The lowest BCUT2D eigenvalue weighted by molar-refractivity contribution is 0.315. The van der Waals surface area contributed by atoms with Crippen molar-refractivity contribution in [1.82, 2.24) is 10.3 Å². The number of aromatic nitrogens is 1. The predicted octanol–water partition coefficient (Wildman–Crippen LogP) is 1.96. The monoisotopic (exact) mass is 312 g/mol. The molecular weight excluding hydrogens is 288 g/mol.